The van der Waals surface area contributed by atoms with Gasteiger partial charge in [-0.05, 0) is 27.7 Å². The van der Waals surface area contributed by atoms with Crippen LogP contribution in [0, 0.1) is 0 Å². The maximum absolute atomic E-state index is 11.8. The fourth-order valence-electron chi connectivity index (χ4n) is 1.80. The quantitative estimate of drug-likeness (QED) is 0.457. The summed E-state index contributed by atoms with van der Waals surface area (Å²) in [6.45, 7) is 17.8. The van der Waals surface area contributed by atoms with Crippen LogP contribution in [0.15, 0.2) is 24.3 Å². The van der Waals surface area contributed by atoms with Gasteiger partial charge in [-0.3, -0.25) is 9.59 Å². The molecule has 0 radical (unpaired) electrons. The Morgan fingerprint density at radius 3 is 1.43 bits per heavy atom. The molecule has 0 rings (SSSR count). The van der Waals surface area contributed by atoms with Crippen molar-refractivity contribution in [1.29, 1.82) is 0 Å². The molecule has 0 aromatic carbocycles. The van der Waals surface area contributed by atoms with Crippen LogP contribution in [0.1, 0.15) is 27.7 Å². The van der Waals surface area contributed by atoms with E-state index in [2.05, 4.69) is 13.2 Å². The minimum absolute atomic E-state index is 0.0475. The standard InChI is InChI=1S/C16H28N2O3/c1-7-17(15(19)13(3)4)9-11-21-12-10-18(8-2)16(20)14(5)6/h3,5,7-12H2,1-2,4,6H3. The van der Waals surface area contributed by atoms with Crippen LogP contribution in [0.3, 0.4) is 0 Å². The van der Waals surface area contributed by atoms with Crippen LogP contribution in [0.5, 0.6) is 0 Å². The van der Waals surface area contributed by atoms with Crippen LogP contribution < -0.4 is 0 Å². The highest BCUT2D eigenvalue weighted by molar-refractivity contribution is 5.92. The van der Waals surface area contributed by atoms with Gasteiger partial charge in [-0.25, -0.2) is 0 Å². The molecule has 0 aromatic rings. The molecule has 0 heterocycles. The van der Waals surface area contributed by atoms with Gasteiger partial charge in [-0.2, -0.15) is 0 Å². The van der Waals surface area contributed by atoms with Crippen LogP contribution in [-0.2, 0) is 14.3 Å². The average Bonchev–Trinajstić information content (AvgIpc) is 2.45. The predicted molar refractivity (Wildman–Crippen MR) is 85.0 cm³/mol. The van der Waals surface area contributed by atoms with Gasteiger partial charge in [-0.1, -0.05) is 13.2 Å². The zero-order valence-corrected chi connectivity index (χ0v) is 13.8. The maximum Gasteiger partial charge on any atom is 0.248 e. The molecule has 0 aromatic heterocycles. The van der Waals surface area contributed by atoms with Crippen molar-refractivity contribution in [2.24, 2.45) is 0 Å². The van der Waals surface area contributed by atoms with Gasteiger partial charge in [0.15, 0.2) is 0 Å². The number of hydrogen-bond donors (Lipinski definition) is 0. The molecule has 0 spiro atoms. The molecule has 0 fully saturated rings. The van der Waals surface area contributed by atoms with Gasteiger partial charge in [0.2, 0.25) is 11.8 Å². The molecular formula is C16H28N2O3. The first-order chi connectivity index (χ1) is 9.84. The summed E-state index contributed by atoms with van der Waals surface area (Å²) in [6, 6.07) is 0. The lowest BCUT2D eigenvalue weighted by molar-refractivity contribution is -0.127. The molecular weight excluding hydrogens is 268 g/mol. The Labute approximate surface area is 128 Å². The summed E-state index contributed by atoms with van der Waals surface area (Å²) in [5.41, 5.74) is 1.06. The summed E-state index contributed by atoms with van der Waals surface area (Å²) in [7, 11) is 0. The SMILES string of the molecule is C=C(C)C(=O)N(CC)CCOCCN(CC)C(=O)C(=C)C. The highest BCUT2D eigenvalue weighted by Gasteiger charge is 2.13. The molecule has 0 atom stereocenters. The fraction of sp³-hybridized carbons (Fsp3) is 0.625. The normalized spacial score (nSPS) is 10.1. The number of carbonyl (C=O) groups excluding carboxylic acids is 2. The lowest BCUT2D eigenvalue weighted by Gasteiger charge is -2.23. The second kappa shape index (κ2) is 10.2. The molecule has 0 unspecified atom stereocenters. The number of nitrogens with zero attached hydrogens (tertiary/aromatic N) is 2. The van der Waals surface area contributed by atoms with Gasteiger partial charge >= 0.3 is 0 Å². The van der Waals surface area contributed by atoms with E-state index >= 15 is 0 Å². The number of hydrogen-bond acceptors (Lipinski definition) is 3. The Kier molecular flexibility index (Phi) is 9.37. The molecule has 0 aliphatic heterocycles. The van der Waals surface area contributed by atoms with E-state index < -0.39 is 0 Å². The van der Waals surface area contributed by atoms with E-state index in [1.165, 1.54) is 0 Å². The molecule has 120 valence electrons. The van der Waals surface area contributed by atoms with E-state index in [9.17, 15) is 9.59 Å². The van der Waals surface area contributed by atoms with Crippen LogP contribution in [0.2, 0.25) is 0 Å². The summed E-state index contributed by atoms with van der Waals surface area (Å²) >= 11 is 0. The minimum Gasteiger partial charge on any atom is -0.378 e. The van der Waals surface area contributed by atoms with E-state index in [1.807, 2.05) is 13.8 Å². The van der Waals surface area contributed by atoms with Crippen LogP contribution in [0.25, 0.3) is 0 Å². The maximum atomic E-state index is 11.8. The van der Waals surface area contributed by atoms with E-state index in [0.717, 1.165) is 0 Å². The third-order valence-corrected chi connectivity index (χ3v) is 3.08. The molecule has 0 N–H and O–H groups in total. The number of rotatable bonds is 10. The van der Waals surface area contributed by atoms with E-state index in [-0.39, 0.29) is 11.8 Å². The van der Waals surface area contributed by atoms with Crippen LogP contribution in [0.4, 0.5) is 0 Å². The molecule has 0 saturated carbocycles. The number of amides is 2. The van der Waals surface area contributed by atoms with Gasteiger partial charge in [0.1, 0.15) is 0 Å². The Morgan fingerprint density at radius 1 is 0.857 bits per heavy atom. The van der Waals surface area contributed by atoms with Gasteiger partial charge in [-0.15, -0.1) is 0 Å². The summed E-state index contributed by atoms with van der Waals surface area (Å²) in [5.74, 6) is -0.0949. The number of carbonyl (C=O) groups is 2. The molecule has 0 aliphatic carbocycles. The lowest BCUT2D eigenvalue weighted by atomic mass is 10.3. The average molecular weight is 296 g/mol. The molecule has 5 nitrogen and oxygen atoms in total. The summed E-state index contributed by atoms with van der Waals surface area (Å²) < 4.78 is 5.51. The molecule has 0 bridgehead atoms. The minimum atomic E-state index is -0.0475. The largest absolute Gasteiger partial charge is 0.378 e. The van der Waals surface area contributed by atoms with Gasteiger partial charge < -0.3 is 14.5 Å². The molecule has 0 saturated heterocycles. The zero-order valence-electron chi connectivity index (χ0n) is 13.8. The Balaban J connectivity index is 4.04. The first-order valence-corrected chi connectivity index (χ1v) is 7.32. The van der Waals surface area contributed by atoms with E-state index in [0.29, 0.717) is 50.5 Å². The van der Waals surface area contributed by atoms with Crippen molar-refractivity contribution >= 4 is 11.8 Å². The van der Waals surface area contributed by atoms with Crippen molar-refractivity contribution in [2.45, 2.75) is 27.7 Å². The Hall–Kier alpha value is -1.62. The number of likely N-dealkylation sites (N-methyl/N-ethyl adjacent to an activating group) is 2. The Morgan fingerprint density at radius 2 is 1.19 bits per heavy atom. The molecule has 2 amide bonds. The van der Waals surface area contributed by atoms with Crippen LogP contribution >= 0.6 is 0 Å². The summed E-state index contributed by atoms with van der Waals surface area (Å²) in [5, 5.41) is 0. The highest BCUT2D eigenvalue weighted by atomic mass is 16.5. The third kappa shape index (κ3) is 7.09. The summed E-state index contributed by atoms with van der Waals surface area (Å²) in [6.07, 6.45) is 0. The van der Waals surface area contributed by atoms with Crippen LogP contribution in [-0.4, -0.2) is 61.0 Å². The van der Waals surface area contributed by atoms with Crippen molar-refractivity contribution in [3.63, 3.8) is 0 Å². The molecule has 0 aliphatic rings. The second-order valence-corrected chi connectivity index (χ2v) is 4.94. The van der Waals surface area contributed by atoms with E-state index in [1.54, 1.807) is 23.6 Å². The van der Waals surface area contributed by atoms with Gasteiger partial charge in [0, 0.05) is 37.3 Å². The van der Waals surface area contributed by atoms with Gasteiger partial charge in [0.25, 0.3) is 0 Å². The summed E-state index contributed by atoms with van der Waals surface area (Å²) in [4.78, 5) is 26.9. The Bertz CT molecular complexity index is 355. The molecule has 21 heavy (non-hydrogen) atoms. The van der Waals surface area contributed by atoms with Crippen molar-refractivity contribution in [3.05, 3.63) is 24.3 Å². The first kappa shape index (κ1) is 19.4. The lowest BCUT2D eigenvalue weighted by Crippen LogP contribution is -2.36. The van der Waals surface area contributed by atoms with Crippen molar-refractivity contribution in [1.82, 2.24) is 9.80 Å². The first-order valence-electron chi connectivity index (χ1n) is 7.32. The van der Waals surface area contributed by atoms with Crippen molar-refractivity contribution < 1.29 is 14.3 Å². The van der Waals surface area contributed by atoms with Crippen molar-refractivity contribution in [3.8, 4) is 0 Å². The third-order valence-electron chi connectivity index (χ3n) is 3.08. The smallest absolute Gasteiger partial charge is 0.248 e. The zero-order chi connectivity index (χ0) is 16.4. The monoisotopic (exact) mass is 296 g/mol. The fourth-order valence-corrected chi connectivity index (χ4v) is 1.80. The van der Waals surface area contributed by atoms with E-state index in [4.69, 9.17) is 4.74 Å². The second-order valence-electron chi connectivity index (χ2n) is 4.94. The highest BCUT2D eigenvalue weighted by Crippen LogP contribution is 2.00. The van der Waals surface area contributed by atoms with Gasteiger partial charge in [0.05, 0.1) is 13.2 Å². The van der Waals surface area contributed by atoms with Crippen molar-refractivity contribution in [2.75, 3.05) is 39.4 Å². The molecule has 5 heteroatoms. The topological polar surface area (TPSA) is 49.9 Å². The predicted octanol–water partition coefficient (Wildman–Crippen LogP) is 1.85. The number of ether oxygens (including phenoxy) is 1.